The maximum atomic E-state index is 13.6. The van der Waals surface area contributed by atoms with Gasteiger partial charge in [-0.15, -0.1) is 0 Å². The summed E-state index contributed by atoms with van der Waals surface area (Å²) in [5.41, 5.74) is -2.76. The molecule has 2 heterocycles. The van der Waals surface area contributed by atoms with Crippen molar-refractivity contribution in [1.29, 1.82) is 0 Å². The number of hydrogen-bond donors (Lipinski definition) is 2. The Kier molecular flexibility index (Phi) is 9.37. The Morgan fingerprint density at radius 1 is 0.905 bits per heavy atom. The number of halogens is 6. The van der Waals surface area contributed by atoms with Crippen LogP contribution in [0, 0.1) is 0 Å². The van der Waals surface area contributed by atoms with Crippen LogP contribution in [0.25, 0.3) is 0 Å². The Morgan fingerprint density at radius 3 is 2.12 bits per heavy atom. The summed E-state index contributed by atoms with van der Waals surface area (Å²) in [6.45, 7) is 4.18. The van der Waals surface area contributed by atoms with Crippen molar-refractivity contribution in [3.8, 4) is 0 Å². The first-order chi connectivity index (χ1) is 19.8. The monoisotopic (exact) mass is 596 g/mol. The fraction of sp³-hybridized carbons (Fsp3) is 0.379. The predicted molar refractivity (Wildman–Crippen MR) is 145 cm³/mol. The summed E-state index contributed by atoms with van der Waals surface area (Å²) in [4.78, 5) is 30.0. The van der Waals surface area contributed by atoms with Gasteiger partial charge in [-0.3, -0.25) is 4.79 Å². The molecular formula is C29H30F6N4O3. The van der Waals surface area contributed by atoms with Crippen LogP contribution in [0.3, 0.4) is 0 Å². The molecule has 0 bridgehead atoms. The number of benzene rings is 2. The molecule has 0 saturated carbocycles. The quantitative estimate of drug-likeness (QED) is 0.246. The normalized spacial score (nSPS) is 13.7. The molecular weight excluding hydrogens is 566 g/mol. The summed E-state index contributed by atoms with van der Waals surface area (Å²) < 4.78 is 84.9. The fourth-order valence-corrected chi connectivity index (χ4v) is 4.70. The molecule has 0 atom stereocenters. The molecule has 2 aromatic carbocycles. The molecule has 13 heteroatoms. The summed E-state index contributed by atoms with van der Waals surface area (Å²) in [5.74, 6) is 0.437. The summed E-state index contributed by atoms with van der Waals surface area (Å²) in [6.07, 6.45) is -5.14. The minimum Gasteiger partial charge on any atom is -0.467 e. The first-order valence-corrected chi connectivity index (χ1v) is 13.4. The lowest BCUT2D eigenvalue weighted by Crippen LogP contribution is -2.31. The zero-order chi connectivity index (χ0) is 30.5. The van der Waals surface area contributed by atoms with Crippen LogP contribution in [0.2, 0.25) is 0 Å². The molecule has 3 aromatic rings. The standard InChI is InChI=1S/C29H30F6N4O3/c1-2-3-10-39(18-23-7-6-13-42-23)25-9-8-21(17-24(25)26(40)38-11-4-5-12-38)36-27(41)37-22-15-19(28(30,31)32)14-20(16-22)29(33,34)35/h6-9,13-17H,2-5,10-12,18H2,1H3,(H2,36,37,41). The highest BCUT2D eigenvalue weighted by atomic mass is 19.4. The highest BCUT2D eigenvalue weighted by Gasteiger charge is 2.37. The lowest BCUT2D eigenvalue weighted by molar-refractivity contribution is -0.143. The molecule has 226 valence electrons. The van der Waals surface area contributed by atoms with Crippen molar-refractivity contribution in [1.82, 2.24) is 4.90 Å². The van der Waals surface area contributed by atoms with Crippen molar-refractivity contribution in [2.24, 2.45) is 0 Å². The van der Waals surface area contributed by atoms with E-state index in [9.17, 15) is 35.9 Å². The molecule has 0 unspecified atom stereocenters. The summed E-state index contributed by atoms with van der Waals surface area (Å²) in [7, 11) is 0. The zero-order valence-electron chi connectivity index (χ0n) is 22.7. The van der Waals surface area contributed by atoms with Crippen molar-refractivity contribution in [3.05, 3.63) is 77.2 Å². The van der Waals surface area contributed by atoms with Gasteiger partial charge in [-0.2, -0.15) is 26.3 Å². The number of amides is 3. The molecule has 3 amide bonds. The van der Waals surface area contributed by atoms with Crippen LogP contribution in [-0.2, 0) is 18.9 Å². The van der Waals surface area contributed by atoms with Gasteiger partial charge in [0.15, 0.2) is 0 Å². The van der Waals surface area contributed by atoms with Gasteiger partial charge in [-0.05, 0) is 67.8 Å². The van der Waals surface area contributed by atoms with E-state index in [-0.39, 0.29) is 17.7 Å². The van der Waals surface area contributed by atoms with Crippen LogP contribution in [0.15, 0.2) is 59.2 Å². The van der Waals surface area contributed by atoms with Crippen molar-refractivity contribution < 1.29 is 40.3 Å². The van der Waals surface area contributed by atoms with Gasteiger partial charge in [0, 0.05) is 31.0 Å². The minimum atomic E-state index is -5.06. The van der Waals surface area contributed by atoms with E-state index in [0.717, 1.165) is 25.7 Å². The highest BCUT2D eigenvalue weighted by molar-refractivity contribution is 6.04. The number of rotatable bonds is 9. The number of nitrogens with zero attached hydrogens (tertiary/aromatic N) is 2. The zero-order valence-corrected chi connectivity index (χ0v) is 22.7. The second-order valence-corrected chi connectivity index (χ2v) is 9.96. The van der Waals surface area contributed by atoms with Gasteiger partial charge in [-0.1, -0.05) is 13.3 Å². The van der Waals surface area contributed by atoms with E-state index < -0.39 is 35.2 Å². The number of hydrogen-bond acceptors (Lipinski definition) is 4. The lowest BCUT2D eigenvalue weighted by Gasteiger charge is -2.28. The van der Waals surface area contributed by atoms with Crippen molar-refractivity contribution in [2.75, 3.05) is 35.2 Å². The van der Waals surface area contributed by atoms with Crippen LogP contribution in [0.4, 0.5) is 48.2 Å². The van der Waals surface area contributed by atoms with Crippen molar-refractivity contribution in [2.45, 2.75) is 51.5 Å². The van der Waals surface area contributed by atoms with Crippen LogP contribution in [-0.4, -0.2) is 36.5 Å². The van der Waals surface area contributed by atoms with Crippen molar-refractivity contribution >= 4 is 29.0 Å². The van der Waals surface area contributed by atoms with Gasteiger partial charge < -0.3 is 24.9 Å². The third-order valence-electron chi connectivity index (χ3n) is 6.77. The Morgan fingerprint density at radius 2 is 1.55 bits per heavy atom. The lowest BCUT2D eigenvalue weighted by atomic mass is 10.1. The average Bonchev–Trinajstić information content (AvgIpc) is 3.64. The van der Waals surface area contributed by atoms with Crippen LogP contribution < -0.4 is 15.5 Å². The number of unbranched alkanes of at least 4 members (excludes halogenated alkanes) is 1. The number of anilines is 3. The van der Waals surface area contributed by atoms with Crippen molar-refractivity contribution in [3.63, 3.8) is 0 Å². The molecule has 42 heavy (non-hydrogen) atoms. The molecule has 1 aliphatic heterocycles. The first-order valence-electron chi connectivity index (χ1n) is 13.4. The molecule has 4 rings (SSSR count). The SMILES string of the molecule is CCCCN(Cc1ccco1)c1ccc(NC(=O)Nc2cc(C(F)(F)F)cc(C(F)(F)F)c2)cc1C(=O)N1CCCC1. The van der Waals surface area contributed by atoms with Gasteiger partial charge in [-0.25, -0.2) is 4.79 Å². The molecule has 1 fully saturated rings. The van der Waals surface area contributed by atoms with E-state index in [1.807, 2.05) is 23.2 Å². The number of likely N-dealkylation sites (tertiary alicyclic amines) is 1. The average molecular weight is 597 g/mol. The molecule has 0 spiro atoms. The Labute approximate surface area is 238 Å². The second kappa shape index (κ2) is 12.8. The number of nitrogens with one attached hydrogen (secondary N) is 2. The predicted octanol–water partition coefficient (Wildman–Crippen LogP) is 8.00. The Bertz CT molecular complexity index is 1350. The molecule has 7 nitrogen and oxygen atoms in total. The smallest absolute Gasteiger partial charge is 0.416 e. The molecule has 1 aromatic heterocycles. The number of carbonyl (C=O) groups excluding carboxylic acids is 2. The maximum Gasteiger partial charge on any atom is 0.416 e. The third kappa shape index (κ3) is 7.77. The van der Waals surface area contributed by atoms with E-state index >= 15 is 0 Å². The number of alkyl halides is 6. The van der Waals surface area contributed by atoms with E-state index in [1.54, 1.807) is 23.3 Å². The Hall–Kier alpha value is -4.16. The number of furan rings is 1. The van der Waals surface area contributed by atoms with Crippen LogP contribution in [0.5, 0.6) is 0 Å². The molecule has 2 N–H and O–H groups in total. The summed E-state index contributed by atoms with van der Waals surface area (Å²) in [5, 5.41) is 4.47. The summed E-state index contributed by atoms with van der Waals surface area (Å²) in [6, 6.07) is 7.95. The van der Waals surface area contributed by atoms with E-state index in [1.165, 1.54) is 12.1 Å². The highest BCUT2D eigenvalue weighted by Crippen LogP contribution is 2.37. The summed E-state index contributed by atoms with van der Waals surface area (Å²) >= 11 is 0. The number of urea groups is 1. The molecule has 0 aliphatic carbocycles. The topological polar surface area (TPSA) is 77.8 Å². The van der Waals surface area contributed by atoms with Crippen LogP contribution in [0.1, 0.15) is 59.9 Å². The second-order valence-electron chi connectivity index (χ2n) is 9.96. The van der Waals surface area contributed by atoms with Crippen LogP contribution >= 0.6 is 0 Å². The van der Waals surface area contributed by atoms with E-state index in [2.05, 4.69) is 5.32 Å². The van der Waals surface area contributed by atoms with Gasteiger partial charge in [0.1, 0.15) is 5.76 Å². The van der Waals surface area contributed by atoms with Gasteiger partial charge in [0.2, 0.25) is 0 Å². The first kappa shape index (κ1) is 30.8. The molecule has 1 saturated heterocycles. The Balaban J connectivity index is 1.63. The third-order valence-corrected chi connectivity index (χ3v) is 6.77. The van der Waals surface area contributed by atoms with Gasteiger partial charge in [0.25, 0.3) is 5.91 Å². The maximum absolute atomic E-state index is 13.6. The van der Waals surface area contributed by atoms with Gasteiger partial charge >= 0.3 is 18.4 Å². The largest absolute Gasteiger partial charge is 0.467 e. The molecule has 1 aliphatic rings. The van der Waals surface area contributed by atoms with E-state index in [4.69, 9.17) is 4.42 Å². The van der Waals surface area contributed by atoms with Gasteiger partial charge in [0.05, 0.1) is 35.2 Å². The van der Waals surface area contributed by atoms with E-state index in [0.29, 0.717) is 55.3 Å². The fourth-order valence-electron chi connectivity index (χ4n) is 4.70. The number of carbonyl (C=O) groups is 2. The minimum absolute atomic E-state index is 0.0227. The molecule has 0 radical (unpaired) electrons.